The Morgan fingerprint density at radius 2 is 1.62 bits per heavy atom. The number of amides is 2. The maximum atomic E-state index is 13.3. The molecule has 2 aliphatic rings. The van der Waals surface area contributed by atoms with Crippen LogP contribution >= 0.6 is 0 Å². The van der Waals surface area contributed by atoms with Crippen molar-refractivity contribution in [1.82, 2.24) is 4.90 Å². The Bertz CT molecular complexity index is 689. The van der Waals surface area contributed by atoms with Crippen molar-refractivity contribution in [2.45, 2.75) is 71.8 Å². The number of nitrogens with two attached hydrogens (primary N) is 1. The van der Waals surface area contributed by atoms with E-state index in [1.54, 1.807) is 0 Å². The van der Waals surface area contributed by atoms with Crippen molar-refractivity contribution in [2.24, 2.45) is 23.0 Å². The van der Waals surface area contributed by atoms with Gasteiger partial charge in [0.25, 0.3) is 0 Å². The number of anilines is 1. The summed E-state index contributed by atoms with van der Waals surface area (Å²) in [6.07, 6.45) is 8.71. The van der Waals surface area contributed by atoms with E-state index >= 15 is 0 Å². The number of hydrogen-bond donors (Lipinski definition) is 2. The third kappa shape index (κ3) is 6.05. The third-order valence-electron chi connectivity index (χ3n) is 6.51. The lowest BCUT2D eigenvalue weighted by atomic mass is 9.85. The predicted octanol–water partition coefficient (Wildman–Crippen LogP) is 4.32. The molecular weight excluding hydrogens is 362 g/mol. The molecule has 0 radical (unpaired) electrons. The minimum Gasteiger partial charge on any atom is -0.338 e. The lowest BCUT2D eigenvalue weighted by molar-refractivity contribution is -0.138. The molecule has 1 aromatic carbocycles. The average Bonchev–Trinajstić information content (AvgIpc) is 2.67. The van der Waals surface area contributed by atoms with E-state index in [0.29, 0.717) is 19.6 Å². The summed E-state index contributed by atoms with van der Waals surface area (Å²) in [7, 11) is 0. The zero-order valence-electron chi connectivity index (χ0n) is 18.1. The SMILES string of the molecule is CC(C)(CN)CN(Cc1ccc(NC(=O)C2CCC2)cc1)C(=O)C1CCCCC1. The molecule has 0 aromatic heterocycles. The summed E-state index contributed by atoms with van der Waals surface area (Å²) in [5.41, 5.74) is 7.76. The Hall–Kier alpha value is -1.88. The summed E-state index contributed by atoms with van der Waals surface area (Å²) in [6, 6.07) is 7.94. The van der Waals surface area contributed by atoms with E-state index in [4.69, 9.17) is 5.73 Å². The van der Waals surface area contributed by atoms with Gasteiger partial charge < -0.3 is 16.0 Å². The predicted molar refractivity (Wildman–Crippen MR) is 117 cm³/mol. The number of carbonyl (C=O) groups excluding carboxylic acids is 2. The molecule has 0 spiro atoms. The fourth-order valence-electron chi connectivity index (χ4n) is 4.23. The molecule has 2 aliphatic carbocycles. The molecule has 2 amide bonds. The fraction of sp³-hybridized carbons (Fsp3) is 0.667. The van der Waals surface area contributed by atoms with Crippen LogP contribution in [0.5, 0.6) is 0 Å². The lowest BCUT2D eigenvalue weighted by Gasteiger charge is -2.35. The molecular formula is C24H37N3O2. The number of hydrogen-bond acceptors (Lipinski definition) is 3. The number of nitrogens with zero attached hydrogens (tertiary/aromatic N) is 1. The molecule has 0 bridgehead atoms. The van der Waals surface area contributed by atoms with Gasteiger partial charge >= 0.3 is 0 Å². The fourth-order valence-corrected chi connectivity index (χ4v) is 4.23. The van der Waals surface area contributed by atoms with Crippen LogP contribution in [0.3, 0.4) is 0 Å². The first-order chi connectivity index (χ1) is 13.9. The minimum absolute atomic E-state index is 0.110. The molecule has 2 saturated carbocycles. The van der Waals surface area contributed by atoms with Gasteiger partial charge in [-0.3, -0.25) is 9.59 Å². The topological polar surface area (TPSA) is 75.4 Å². The van der Waals surface area contributed by atoms with Gasteiger partial charge in [0.1, 0.15) is 0 Å². The maximum Gasteiger partial charge on any atom is 0.227 e. The molecule has 160 valence electrons. The highest BCUT2D eigenvalue weighted by molar-refractivity contribution is 5.93. The van der Waals surface area contributed by atoms with Crippen LogP contribution in [0.2, 0.25) is 0 Å². The molecule has 2 fully saturated rings. The Morgan fingerprint density at radius 1 is 1.00 bits per heavy atom. The molecule has 5 nitrogen and oxygen atoms in total. The zero-order valence-corrected chi connectivity index (χ0v) is 18.1. The Kier molecular flexibility index (Phi) is 7.33. The molecule has 3 rings (SSSR count). The van der Waals surface area contributed by atoms with Gasteiger partial charge in [0.15, 0.2) is 0 Å². The summed E-state index contributed by atoms with van der Waals surface area (Å²) in [4.78, 5) is 27.4. The number of carbonyl (C=O) groups is 2. The van der Waals surface area contributed by atoms with E-state index in [1.807, 2.05) is 29.2 Å². The van der Waals surface area contributed by atoms with Gasteiger partial charge in [0.05, 0.1) is 0 Å². The van der Waals surface area contributed by atoms with Gasteiger partial charge in [-0.05, 0) is 55.3 Å². The van der Waals surface area contributed by atoms with Crippen LogP contribution in [-0.2, 0) is 16.1 Å². The van der Waals surface area contributed by atoms with Crippen LogP contribution < -0.4 is 11.1 Å². The summed E-state index contributed by atoms with van der Waals surface area (Å²) >= 11 is 0. The third-order valence-corrected chi connectivity index (χ3v) is 6.51. The largest absolute Gasteiger partial charge is 0.338 e. The molecule has 3 N–H and O–H groups in total. The summed E-state index contributed by atoms with van der Waals surface area (Å²) in [5.74, 6) is 0.728. The first-order valence-electron chi connectivity index (χ1n) is 11.3. The van der Waals surface area contributed by atoms with Crippen LogP contribution in [0.1, 0.15) is 70.8 Å². The van der Waals surface area contributed by atoms with Crippen molar-refractivity contribution in [3.63, 3.8) is 0 Å². The van der Waals surface area contributed by atoms with Crippen molar-refractivity contribution in [2.75, 3.05) is 18.4 Å². The van der Waals surface area contributed by atoms with Crippen LogP contribution in [0.15, 0.2) is 24.3 Å². The molecule has 29 heavy (non-hydrogen) atoms. The first-order valence-corrected chi connectivity index (χ1v) is 11.3. The molecule has 0 heterocycles. The molecule has 0 saturated heterocycles. The second-order valence-corrected chi connectivity index (χ2v) is 9.71. The van der Waals surface area contributed by atoms with Crippen molar-refractivity contribution in [3.8, 4) is 0 Å². The monoisotopic (exact) mass is 399 g/mol. The highest BCUT2D eigenvalue weighted by atomic mass is 16.2. The summed E-state index contributed by atoms with van der Waals surface area (Å²) < 4.78 is 0. The summed E-state index contributed by atoms with van der Waals surface area (Å²) in [5, 5.41) is 3.01. The van der Waals surface area contributed by atoms with Gasteiger partial charge in [-0.2, -0.15) is 0 Å². The second kappa shape index (κ2) is 9.75. The van der Waals surface area contributed by atoms with E-state index < -0.39 is 0 Å². The Morgan fingerprint density at radius 3 is 2.17 bits per heavy atom. The maximum absolute atomic E-state index is 13.3. The highest BCUT2D eigenvalue weighted by Crippen LogP contribution is 2.29. The molecule has 0 atom stereocenters. The van der Waals surface area contributed by atoms with Gasteiger partial charge in [0, 0.05) is 30.6 Å². The van der Waals surface area contributed by atoms with Crippen LogP contribution in [-0.4, -0.2) is 29.8 Å². The highest BCUT2D eigenvalue weighted by Gasteiger charge is 2.30. The number of nitrogens with one attached hydrogen (secondary N) is 1. The van der Waals surface area contributed by atoms with E-state index in [1.165, 1.54) is 6.42 Å². The Balaban J connectivity index is 1.65. The normalized spacial score (nSPS) is 18.2. The van der Waals surface area contributed by atoms with Crippen molar-refractivity contribution < 1.29 is 9.59 Å². The van der Waals surface area contributed by atoms with E-state index in [0.717, 1.165) is 56.2 Å². The minimum atomic E-state index is -0.110. The number of benzene rings is 1. The smallest absolute Gasteiger partial charge is 0.227 e. The molecule has 1 aromatic rings. The van der Waals surface area contributed by atoms with Crippen molar-refractivity contribution >= 4 is 17.5 Å². The van der Waals surface area contributed by atoms with Crippen molar-refractivity contribution in [3.05, 3.63) is 29.8 Å². The van der Waals surface area contributed by atoms with E-state index in [-0.39, 0.29) is 29.1 Å². The summed E-state index contributed by atoms with van der Waals surface area (Å²) in [6.45, 7) is 6.04. The first kappa shape index (κ1) is 21.8. The Labute approximate surface area is 175 Å². The van der Waals surface area contributed by atoms with Gasteiger partial charge in [-0.1, -0.05) is 51.7 Å². The number of rotatable bonds is 8. The second-order valence-electron chi connectivity index (χ2n) is 9.71. The molecule has 0 aliphatic heterocycles. The van der Waals surface area contributed by atoms with Crippen molar-refractivity contribution in [1.29, 1.82) is 0 Å². The van der Waals surface area contributed by atoms with E-state index in [9.17, 15) is 9.59 Å². The van der Waals surface area contributed by atoms with Crippen LogP contribution in [0.4, 0.5) is 5.69 Å². The van der Waals surface area contributed by atoms with Crippen LogP contribution in [0, 0.1) is 17.3 Å². The molecule has 5 heteroatoms. The zero-order chi connectivity index (χ0) is 20.9. The van der Waals surface area contributed by atoms with Gasteiger partial charge in [0.2, 0.25) is 11.8 Å². The van der Waals surface area contributed by atoms with E-state index in [2.05, 4.69) is 19.2 Å². The average molecular weight is 400 g/mol. The molecule has 0 unspecified atom stereocenters. The quantitative estimate of drug-likeness (QED) is 0.683. The lowest BCUT2D eigenvalue weighted by Crippen LogP contribution is -2.44. The van der Waals surface area contributed by atoms with Gasteiger partial charge in [-0.15, -0.1) is 0 Å². The van der Waals surface area contributed by atoms with Gasteiger partial charge in [-0.25, -0.2) is 0 Å². The standard InChI is InChI=1S/C24H37N3O2/c1-24(2,16-25)17-27(23(29)20-7-4-3-5-8-20)15-18-11-13-21(14-12-18)26-22(28)19-9-6-10-19/h11-14,19-20H,3-10,15-17,25H2,1-2H3,(H,26,28). The van der Waals surface area contributed by atoms with Crippen LogP contribution in [0.25, 0.3) is 0 Å².